The summed E-state index contributed by atoms with van der Waals surface area (Å²) in [5.74, 6) is 0. The van der Waals surface area contributed by atoms with Gasteiger partial charge in [0, 0.05) is 22.5 Å². The summed E-state index contributed by atoms with van der Waals surface area (Å²) >= 11 is 0. The van der Waals surface area contributed by atoms with Crippen LogP contribution in [0, 0.1) is 0 Å². The van der Waals surface area contributed by atoms with Crippen LogP contribution in [0.4, 0.5) is 17.1 Å². The highest BCUT2D eigenvalue weighted by molar-refractivity contribution is 5.97. The number of hydrogen-bond acceptors (Lipinski definition) is 1. The van der Waals surface area contributed by atoms with Gasteiger partial charge in [0.2, 0.25) is 0 Å². The summed E-state index contributed by atoms with van der Waals surface area (Å²) in [6.07, 6.45) is 0. The minimum absolute atomic E-state index is 0.0180. The van der Waals surface area contributed by atoms with Crippen LogP contribution in [0.5, 0.6) is 0 Å². The number of rotatable bonds is 8. The molecule has 294 valence electrons. The molecule has 0 bridgehead atoms. The van der Waals surface area contributed by atoms with Crippen molar-refractivity contribution in [1.82, 2.24) is 0 Å². The van der Waals surface area contributed by atoms with E-state index in [2.05, 4.69) is 0 Å². The molecule has 11 rings (SSSR count). The maximum atomic E-state index is 9.83. The Hall–Kier alpha value is -7.74. The predicted molar refractivity (Wildman–Crippen MR) is 263 cm³/mol. The summed E-state index contributed by atoms with van der Waals surface area (Å²) in [6.45, 7) is 4.09. The molecule has 0 fully saturated rings. The van der Waals surface area contributed by atoms with Crippen molar-refractivity contribution in [3.63, 3.8) is 0 Å². The van der Waals surface area contributed by atoms with Crippen LogP contribution in [-0.2, 0) is 5.41 Å². The van der Waals surface area contributed by atoms with Crippen LogP contribution in [0.2, 0.25) is 0 Å². The van der Waals surface area contributed by atoms with Crippen LogP contribution in [0.15, 0.2) is 236 Å². The van der Waals surface area contributed by atoms with Gasteiger partial charge in [-0.3, -0.25) is 0 Å². The summed E-state index contributed by atoms with van der Waals surface area (Å²) in [4.78, 5) is 0.877. The van der Waals surface area contributed by atoms with Crippen LogP contribution in [0.3, 0.4) is 0 Å². The van der Waals surface area contributed by atoms with E-state index in [1.807, 2.05) is 135 Å². The zero-order valence-corrected chi connectivity index (χ0v) is 34.0. The van der Waals surface area contributed by atoms with E-state index in [1.165, 1.54) is 0 Å². The summed E-state index contributed by atoms with van der Waals surface area (Å²) in [5, 5.41) is 1.99. The molecule has 10 aromatic carbocycles. The average Bonchev–Trinajstić information content (AvgIpc) is 3.65. The van der Waals surface area contributed by atoms with Crippen molar-refractivity contribution < 1.29 is 16.4 Å². The van der Waals surface area contributed by atoms with Crippen molar-refractivity contribution in [2.24, 2.45) is 0 Å². The lowest BCUT2D eigenvalue weighted by molar-refractivity contribution is 0.662. The molecule has 0 radical (unpaired) electrons. The molecule has 0 amide bonds. The van der Waals surface area contributed by atoms with E-state index in [-0.39, 0.29) is 16.7 Å². The summed E-state index contributed by atoms with van der Waals surface area (Å²) < 4.78 is 116. The third-order valence-electron chi connectivity index (χ3n) is 11.9. The highest BCUT2D eigenvalue weighted by Gasteiger charge is 2.37. The fraction of sp³-hybridized carbons (Fsp3) is 0.0492. The molecule has 1 aliphatic rings. The number of nitrogens with zero attached hydrogens (tertiary/aromatic N) is 1. The van der Waals surface area contributed by atoms with Crippen LogP contribution < -0.4 is 4.90 Å². The van der Waals surface area contributed by atoms with Gasteiger partial charge in [-0.1, -0.05) is 202 Å². The van der Waals surface area contributed by atoms with Crippen molar-refractivity contribution >= 4 is 27.8 Å². The van der Waals surface area contributed by atoms with Crippen molar-refractivity contribution in [3.05, 3.63) is 247 Å². The molecule has 0 atom stereocenters. The summed E-state index contributed by atoms with van der Waals surface area (Å²) in [7, 11) is 0. The van der Waals surface area contributed by atoms with Crippen LogP contribution >= 0.6 is 0 Å². The normalized spacial score (nSPS) is 15.2. The third-order valence-corrected chi connectivity index (χ3v) is 11.9. The van der Waals surface area contributed by atoms with Crippen molar-refractivity contribution in [2.75, 3.05) is 4.90 Å². The zero-order chi connectivity index (χ0) is 52.1. The molecule has 10 aromatic rings. The first kappa shape index (κ1) is 26.5. The van der Waals surface area contributed by atoms with Gasteiger partial charge in [-0.15, -0.1) is 0 Å². The van der Waals surface area contributed by atoms with E-state index in [1.54, 1.807) is 42.5 Å². The largest absolute Gasteiger partial charge is 0.311 e. The Labute approximate surface area is 381 Å². The molecular weight excluding hydrogens is 747 g/mol. The number of benzene rings is 10. The molecule has 0 saturated heterocycles. The Morgan fingerprint density at radius 3 is 1.45 bits per heavy atom. The highest BCUT2D eigenvalue weighted by atomic mass is 15.1. The molecule has 0 spiro atoms. The van der Waals surface area contributed by atoms with E-state index in [0.29, 0.717) is 16.7 Å². The molecule has 1 nitrogen and oxygen atoms in total. The Bertz CT molecular complexity index is 3890. The number of fused-ring (bicyclic) bond motifs is 4. The van der Waals surface area contributed by atoms with Crippen LogP contribution in [0.1, 0.15) is 41.4 Å². The SMILES string of the molecule is [2H]c1c([2H])c(N(c2c([2H])c([2H])c(-c3cccc(-c4cccc5ccccc45)c3)c([2H])c2[2H])c2c([2H])c([2H])c(-c3cccc4c3C(C)(C)c3ccccc3-4)c([2H])c2[2H])c([2H])c([2H])c1-c1cccc(-c2ccccc2)c1. The van der Waals surface area contributed by atoms with Gasteiger partial charge in [0.05, 0.1) is 16.4 Å². The Balaban J connectivity index is 1.16. The first-order chi connectivity index (χ1) is 35.5. The minimum atomic E-state index is -0.672. The molecular formula is C61H45N. The van der Waals surface area contributed by atoms with Gasteiger partial charge >= 0.3 is 0 Å². The molecule has 0 aliphatic heterocycles. The van der Waals surface area contributed by atoms with Gasteiger partial charge in [0.1, 0.15) is 0 Å². The maximum Gasteiger partial charge on any atom is 0.0645 e. The maximum absolute atomic E-state index is 9.83. The van der Waals surface area contributed by atoms with Crippen molar-refractivity contribution in [2.45, 2.75) is 19.3 Å². The molecule has 0 unspecified atom stereocenters. The van der Waals surface area contributed by atoms with Crippen molar-refractivity contribution in [1.29, 1.82) is 0 Å². The molecule has 0 N–H and O–H groups in total. The lowest BCUT2D eigenvalue weighted by Gasteiger charge is -2.27. The van der Waals surface area contributed by atoms with Gasteiger partial charge in [-0.2, -0.15) is 0 Å². The first-order valence-electron chi connectivity index (χ1n) is 26.6. The summed E-state index contributed by atoms with van der Waals surface area (Å²) in [6, 6.07) is 43.9. The van der Waals surface area contributed by atoms with E-state index in [4.69, 9.17) is 0 Å². The highest BCUT2D eigenvalue weighted by Crippen LogP contribution is 2.52. The number of hydrogen-bond donors (Lipinski definition) is 0. The second kappa shape index (κ2) is 15.4. The lowest BCUT2D eigenvalue weighted by Crippen LogP contribution is -2.16. The second-order valence-corrected chi connectivity index (χ2v) is 16.0. The average molecular weight is 804 g/mol. The van der Waals surface area contributed by atoms with Gasteiger partial charge in [-0.05, 0) is 137 Å². The fourth-order valence-electron chi connectivity index (χ4n) is 8.87. The van der Waals surface area contributed by atoms with E-state index in [9.17, 15) is 16.4 Å². The molecule has 1 heteroatoms. The standard InChI is InChI=1S/C61H45N/c1-61(2)59-27-9-8-23-57(59)58-26-13-25-56(60(58)61)46-32-38-53(39-33-46)62(51-34-28-43(29-35-51)48-19-10-18-47(40-48)42-14-4-3-5-15-42)52-36-30-44(31-37-52)49-20-11-21-50(41-49)55-24-12-17-45-16-6-7-22-54(45)55/h3-41H,1-2H3/i28D,29D,30D,31D,32D,33D,34D,35D,36D,37D,38D,39D. The van der Waals surface area contributed by atoms with Gasteiger partial charge in [0.25, 0.3) is 0 Å². The van der Waals surface area contributed by atoms with Crippen LogP contribution in [0.25, 0.3) is 77.5 Å². The zero-order valence-electron chi connectivity index (χ0n) is 46.0. The first-order valence-corrected chi connectivity index (χ1v) is 20.6. The molecule has 0 heterocycles. The second-order valence-electron chi connectivity index (χ2n) is 16.0. The molecule has 1 aliphatic carbocycles. The Morgan fingerprint density at radius 2 is 0.774 bits per heavy atom. The smallest absolute Gasteiger partial charge is 0.0645 e. The van der Waals surface area contributed by atoms with E-state index < -0.39 is 95.0 Å². The predicted octanol–water partition coefficient (Wildman–Crippen LogP) is 17.0. The summed E-state index contributed by atoms with van der Waals surface area (Å²) in [5.41, 5.74) is 5.69. The van der Waals surface area contributed by atoms with Crippen LogP contribution in [-0.4, -0.2) is 0 Å². The Morgan fingerprint density at radius 1 is 0.339 bits per heavy atom. The van der Waals surface area contributed by atoms with E-state index in [0.717, 1.165) is 60.2 Å². The topological polar surface area (TPSA) is 3.24 Å². The fourth-order valence-corrected chi connectivity index (χ4v) is 8.87. The third kappa shape index (κ3) is 6.60. The molecule has 0 saturated carbocycles. The van der Waals surface area contributed by atoms with Gasteiger partial charge < -0.3 is 4.90 Å². The molecule has 62 heavy (non-hydrogen) atoms. The van der Waals surface area contributed by atoms with Crippen molar-refractivity contribution in [3.8, 4) is 66.8 Å². The lowest BCUT2D eigenvalue weighted by atomic mass is 9.79. The van der Waals surface area contributed by atoms with E-state index >= 15 is 0 Å². The number of anilines is 3. The Kier molecular flexibility index (Phi) is 6.56. The van der Waals surface area contributed by atoms with Gasteiger partial charge in [-0.25, -0.2) is 0 Å². The van der Waals surface area contributed by atoms with Gasteiger partial charge in [0.15, 0.2) is 0 Å². The monoisotopic (exact) mass is 803 g/mol. The quantitative estimate of drug-likeness (QED) is 0.148. The minimum Gasteiger partial charge on any atom is -0.311 e. The molecule has 0 aromatic heterocycles.